The summed E-state index contributed by atoms with van der Waals surface area (Å²) >= 11 is 0. The van der Waals surface area contributed by atoms with Gasteiger partial charge in [-0.25, -0.2) is 8.78 Å². The third-order valence-electron chi connectivity index (χ3n) is 1.31. The van der Waals surface area contributed by atoms with Gasteiger partial charge in [-0.3, -0.25) is 0 Å². The first-order valence-corrected chi connectivity index (χ1v) is 3.61. The van der Waals surface area contributed by atoms with Gasteiger partial charge in [0.1, 0.15) is 12.7 Å². The van der Waals surface area contributed by atoms with Crippen molar-refractivity contribution in [3.8, 4) is 6.07 Å². The number of rotatable bonds is 5. The normalized spacial score (nSPS) is 14.2. The average molecular weight is 199 g/mol. The minimum atomic E-state index is -4.18. The Morgan fingerprint density at radius 3 is 2.31 bits per heavy atom. The molecule has 2 nitrogen and oxygen atoms in total. The predicted octanol–water partition coefficient (Wildman–Crippen LogP) is 2.21. The Labute approximate surface area is 73.1 Å². The first-order valence-electron chi connectivity index (χ1n) is 3.61. The van der Waals surface area contributed by atoms with Crippen molar-refractivity contribution in [1.29, 1.82) is 5.26 Å². The smallest absolute Gasteiger partial charge is 0.330 e. The van der Waals surface area contributed by atoms with E-state index < -0.39 is 25.1 Å². The number of hydrogen-bond donors (Lipinski definition) is 0. The van der Waals surface area contributed by atoms with Crippen molar-refractivity contribution in [2.24, 2.45) is 0 Å². The minimum absolute atomic E-state index is 0.190. The van der Waals surface area contributed by atoms with E-state index in [0.717, 1.165) is 0 Å². The van der Waals surface area contributed by atoms with Crippen LogP contribution in [-0.4, -0.2) is 25.1 Å². The molecule has 0 spiro atoms. The van der Waals surface area contributed by atoms with Crippen LogP contribution in [0.2, 0.25) is 0 Å². The first-order chi connectivity index (χ1) is 5.94. The van der Waals surface area contributed by atoms with Gasteiger partial charge >= 0.3 is 12.3 Å². The number of halogens is 4. The molecular weight excluding hydrogens is 190 g/mol. The summed E-state index contributed by atoms with van der Waals surface area (Å²) in [5.74, 6) is -4.18. The average Bonchev–Trinajstić information content (AvgIpc) is 2.06. The predicted molar refractivity (Wildman–Crippen MR) is 36.6 cm³/mol. The van der Waals surface area contributed by atoms with Crippen molar-refractivity contribution >= 4 is 0 Å². The molecule has 0 heterocycles. The van der Waals surface area contributed by atoms with E-state index in [2.05, 4.69) is 4.74 Å². The highest BCUT2D eigenvalue weighted by Gasteiger charge is 2.41. The van der Waals surface area contributed by atoms with Crippen LogP contribution >= 0.6 is 0 Å². The Hall–Kier alpha value is -0.830. The summed E-state index contributed by atoms with van der Waals surface area (Å²) in [6.45, 7) is 0.116. The Morgan fingerprint density at radius 2 is 2.00 bits per heavy atom. The van der Waals surface area contributed by atoms with Crippen LogP contribution in [0.4, 0.5) is 17.6 Å². The van der Waals surface area contributed by atoms with E-state index in [1.807, 2.05) is 0 Å². The van der Waals surface area contributed by atoms with Crippen molar-refractivity contribution in [2.45, 2.75) is 31.8 Å². The lowest BCUT2D eigenvalue weighted by Crippen LogP contribution is -2.34. The fraction of sp³-hybridized carbons (Fsp3) is 0.857. The van der Waals surface area contributed by atoms with E-state index in [9.17, 15) is 17.6 Å². The van der Waals surface area contributed by atoms with Crippen LogP contribution < -0.4 is 0 Å². The van der Waals surface area contributed by atoms with Crippen LogP contribution in [0.25, 0.3) is 0 Å². The zero-order valence-corrected chi connectivity index (χ0v) is 6.94. The number of alkyl halides is 4. The summed E-state index contributed by atoms with van der Waals surface area (Å²) in [6.07, 6.45) is -4.62. The summed E-state index contributed by atoms with van der Waals surface area (Å²) in [4.78, 5) is 0. The fourth-order valence-corrected chi connectivity index (χ4v) is 0.521. The SMILES string of the molecule is CCC(C#N)OCC(F)(F)C(F)F. The molecule has 0 saturated carbocycles. The van der Waals surface area contributed by atoms with Crippen LogP contribution in [0, 0.1) is 11.3 Å². The van der Waals surface area contributed by atoms with E-state index >= 15 is 0 Å². The topological polar surface area (TPSA) is 33.0 Å². The molecular formula is C7H9F4NO. The monoisotopic (exact) mass is 199 g/mol. The number of nitrogens with zero attached hydrogens (tertiary/aromatic N) is 1. The molecule has 13 heavy (non-hydrogen) atoms. The van der Waals surface area contributed by atoms with Crippen LogP contribution in [0.5, 0.6) is 0 Å². The zero-order chi connectivity index (χ0) is 10.5. The maximum atomic E-state index is 12.2. The van der Waals surface area contributed by atoms with E-state index in [-0.39, 0.29) is 6.42 Å². The van der Waals surface area contributed by atoms with Crippen LogP contribution in [0.1, 0.15) is 13.3 Å². The molecule has 0 amide bonds. The standard InChI is InChI=1S/C7H9F4NO/c1-2-5(3-12)13-4-7(10,11)6(8)9/h5-6H,2,4H2,1H3. The summed E-state index contributed by atoms with van der Waals surface area (Å²) in [7, 11) is 0. The maximum Gasteiger partial charge on any atom is 0.330 e. The van der Waals surface area contributed by atoms with Crippen molar-refractivity contribution in [3.05, 3.63) is 0 Å². The second kappa shape index (κ2) is 5.02. The Kier molecular flexibility index (Phi) is 4.70. The Bertz CT molecular complexity index is 189. The third-order valence-corrected chi connectivity index (χ3v) is 1.31. The van der Waals surface area contributed by atoms with E-state index in [1.54, 1.807) is 6.07 Å². The zero-order valence-electron chi connectivity index (χ0n) is 6.94. The number of ether oxygens (including phenoxy) is 1. The molecule has 0 radical (unpaired) electrons. The molecule has 1 atom stereocenters. The molecule has 6 heteroatoms. The highest BCUT2D eigenvalue weighted by molar-refractivity contribution is 4.83. The number of nitriles is 1. The highest BCUT2D eigenvalue weighted by atomic mass is 19.3. The van der Waals surface area contributed by atoms with E-state index in [0.29, 0.717) is 0 Å². The molecule has 0 aliphatic carbocycles. The first kappa shape index (κ1) is 12.2. The molecule has 0 aliphatic rings. The fourth-order valence-electron chi connectivity index (χ4n) is 0.521. The molecule has 0 N–H and O–H groups in total. The lowest BCUT2D eigenvalue weighted by Gasteiger charge is -2.16. The van der Waals surface area contributed by atoms with Crippen LogP contribution in [0.3, 0.4) is 0 Å². The van der Waals surface area contributed by atoms with E-state index in [1.165, 1.54) is 6.92 Å². The molecule has 0 aromatic heterocycles. The molecule has 0 aliphatic heterocycles. The van der Waals surface area contributed by atoms with Gasteiger partial charge < -0.3 is 4.74 Å². The van der Waals surface area contributed by atoms with Gasteiger partial charge in [-0.05, 0) is 6.42 Å². The minimum Gasteiger partial charge on any atom is -0.357 e. The Morgan fingerprint density at radius 1 is 1.46 bits per heavy atom. The molecule has 0 saturated heterocycles. The Balaban J connectivity index is 3.94. The maximum absolute atomic E-state index is 12.2. The van der Waals surface area contributed by atoms with Crippen molar-refractivity contribution < 1.29 is 22.3 Å². The molecule has 76 valence electrons. The summed E-state index contributed by atoms with van der Waals surface area (Å²) in [5.41, 5.74) is 0. The summed E-state index contributed by atoms with van der Waals surface area (Å²) in [5, 5.41) is 8.25. The van der Waals surface area contributed by atoms with Crippen molar-refractivity contribution in [2.75, 3.05) is 6.61 Å². The van der Waals surface area contributed by atoms with E-state index in [4.69, 9.17) is 5.26 Å². The highest BCUT2D eigenvalue weighted by Crippen LogP contribution is 2.23. The lowest BCUT2D eigenvalue weighted by atomic mass is 10.3. The van der Waals surface area contributed by atoms with Gasteiger partial charge in [-0.1, -0.05) is 6.92 Å². The number of hydrogen-bond acceptors (Lipinski definition) is 2. The second-order valence-corrected chi connectivity index (χ2v) is 2.40. The molecule has 0 aromatic rings. The van der Waals surface area contributed by atoms with Crippen LogP contribution in [0.15, 0.2) is 0 Å². The van der Waals surface area contributed by atoms with Gasteiger partial charge in [0.15, 0.2) is 0 Å². The molecule has 0 bridgehead atoms. The molecule has 0 aromatic carbocycles. The van der Waals surface area contributed by atoms with Gasteiger partial charge in [0.2, 0.25) is 0 Å². The van der Waals surface area contributed by atoms with Gasteiger partial charge in [0, 0.05) is 0 Å². The lowest BCUT2D eigenvalue weighted by molar-refractivity contribution is -0.171. The quantitative estimate of drug-likeness (QED) is 0.636. The summed E-state index contributed by atoms with van der Waals surface area (Å²) in [6, 6.07) is 1.56. The molecule has 0 rings (SSSR count). The van der Waals surface area contributed by atoms with Crippen molar-refractivity contribution in [1.82, 2.24) is 0 Å². The van der Waals surface area contributed by atoms with Gasteiger partial charge in [0.25, 0.3) is 0 Å². The molecule has 0 fully saturated rings. The summed E-state index contributed by atoms with van der Waals surface area (Å²) < 4.78 is 51.8. The van der Waals surface area contributed by atoms with Crippen LogP contribution in [-0.2, 0) is 4.74 Å². The van der Waals surface area contributed by atoms with Crippen molar-refractivity contribution in [3.63, 3.8) is 0 Å². The molecule has 1 unspecified atom stereocenters. The third kappa shape index (κ3) is 4.08. The second-order valence-electron chi connectivity index (χ2n) is 2.40. The van der Waals surface area contributed by atoms with Gasteiger partial charge in [-0.15, -0.1) is 0 Å². The van der Waals surface area contributed by atoms with Gasteiger partial charge in [-0.2, -0.15) is 14.0 Å². The van der Waals surface area contributed by atoms with Gasteiger partial charge in [0.05, 0.1) is 6.07 Å². The largest absolute Gasteiger partial charge is 0.357 e.